The Balaban J connectivity index is 1.17. The van der Waals surface area contributed by atoms with E-state index in [4.69, 9.17) is 4.42 Å². The predicted molar refractivity (Wildman–Crippen MR) is 227 cm³/mol. The molecule has 1 nitrogen and oxygen atoms in total. The number of fused-ring (bicyclic) bond motifs is 7. The van der Waals surface area contributed by atoms with Crippen molar-refractivity contribution in [2.75, 3.05) is 0 Å². The van der Waals surface area contributed by atoms with Crippen molar-refractivity contribution in [1.29, 1.82) is 0 Å². The van der Waals surface area contributed by atoms with Crippen molar-refractivity contribution in [3.8, 4) is 22.3 Å². The van der Waals surface area contributed by atoms with Crippen LogP contribution in [0, 0.1) is 0 Å². The normalized spacial score (nSPS) is 12.5. The summed E-state index contributed by atoms with van der Waals surface area (Å²) in [5.74, 6) is 0. The summed E-state index contributed by atoms with van der Waals surface area (Å²) >= 11 is 0. The van der Waals surface area contributed by atoms with E-state index in [2.05, 4.69) is 170 Å². The van der Waals surface area contributed by atoms with Gasteiger partial charge >= 0.3 is 0 Å². The number of furan rings is 1. The molecule has 0 atom stereocenters. The fraction of sp³-hybridized carbons (Fsp3) is 0. The first-order valence-electron chi connectivity index (χ1n) is 18.4. The third-order valence-electron chi connectivity index (χ3n) is 12.1. The van der Waals surface area contributed by atoms with E-state index >= 15 is 0 Å². The summed E-state index contributed by atoms with van der Waals surface area (Å²) in [5.41, 5.74) is 6.80. The van der Waals surface area contributed by atoms with Crippen molar-refractivity contribution in [3.63, 3.8) is 0 Å². The maximum atomic E-state index is 6.94. The standard InChI is InChI=1S/C52H28O/c1-2-10-38-29(5-1)15-25-43-46-28-45(39-22-17-35-14-12-31-7-4-9-33-19-24-41(39)50(35)48(31)33)44-27-36(20-26-42(44)52(46)53-51(38)43)37-21-16-34-13-11-30-6-3-8-32-18-23-40(37)49(34)47(30)32/h1-28H. The van der Waals surface area contributed by atoms with Crippen molar-refractivity contribution in [2.45, 2.75) is 0 Å². The second-order valence-corrected chi connectivity index (χ2v) is 14.8. The molecule has 1 aromatic heterocycles. The van der Waals surface area contributed by atoms with Crippen molar-refractivity contribution in [1.82, 2.24) is 0 Å². The molecule has 0 unspecified atom stereocenters. The molecule has 53 heavy (non-hydrogen) atoms. The summed E-state index contributed by atoms with van der Waals surface area (Å²) in [7, 11) is 0. The number of hydrogen-bond donors (Lipinski definition) is 0. The van der Waals surface area contributed by atoms with Crippen molar-refractivity contribution >= 4 is 108 Å². The van der Waals surface area contributed by atoms with Crippen LogP contribution in [0.3, 0.4) is 0 Å². The Kier molecular flexibility index (Phi) is 5.17. The van der Waals surface area contributed by atoms with Crippen LogP contribution in [0.5, 0.6) is 0 Å². The van der Waals surface area contributed by atoms with E-state index in [0.717, 1.165) is 32.7 Å². The summed E-state index contributed by atoms with van der Waals surface area (Å²) in [5, 5.41) is 22.5. The molecule has 0 saturated heterocycles. The van der Waals surface area contributed by atoms with Crippen molar-refractivity contribution < 1.29 is 4.42 Å². The van der Waals surface area contributed by atoms with E-state index in [-0.39, 0.29) is 0 Å². The lowest BCUT2D eigenvalue weighted by Crippen LogP contribution is -1.90. The SMILES string of the molecule is c1ccc2c(c1)ccc1c3cc(-c4ccc5ccc6cccc7ccc4c5c67)c4cc(-c5ccc6ccc7cccc8ccc5c6c78)ccc4c3oc21. The molecule has 0 aliphatic carbocycles. The summed E-state index contributed by atoms with van der Waals surface area (Å²) in [6.45, 7) is 0. The zero-order valence-corrected chi connectivity index (χ0v) is 28.6. The molecule has 0 radical (unpaired) electrons. The molecule has 0 spiro atoms. The van der Waals surface area contributed by atoms with Gasteiger partial charge in [-0.2, -0.15) is 0 Å². The van der Waals surface area contributed by atoms with Crippen LogP contribution in [0.1, 0.15) is 0 Å². The first kappa shape index (κ1) is 27.7. The molecule has 1 heteroatoms. The van der Waals surface area contributed by atoms with Crippen LogP contribution < -0.4 is 0 Å². The van der Waals surface area contributed by atoms with E-state index in [1.54, 1.807) is 0 Å². The lowest BCUT2D eigenvalue weighted by molar-refractivity contribution is 0.676. The molecule has 12 aromatic carbocycles. The Hall–Kier alpha value is -6.96. The quantitative estimate of drug-likeness (QED) is 0.167. The highest BCUT2D eigenvalue weighted by Gasteiger charge is 2.20. The highest BCUT2D eigenvalue weighted by Crippen LogP contribution is 2.47. The highest BCUT2D eigenvalue weighted by atomic mass is 16.3. The third kappa shape index (κ3) is 3.61. The molecule has 0 saturated carbocycles. The molecular formula is C52H28O. The smallest absolute Gasteiger partial charge is 0.143 e. The first-order valence-corrected chi connectivity index (χ1v) is 18.4. The van der Waals surface area contributed by atoms with Crippen LogP contribution in [0.15, 0.2) is 174 Å². The maximum Gasteiger partial charge on any atom is 0.143 e. The number of hydrogen-bond acceptors (Lipinski definition) is 1. The summed E-state index contributed by atoms with van der Waals surface area (Å²) in [6.07, 6.45) is 0. The minimum atomic E-state index is 0.940. The van der Waals surface area contributed by atoms with Gasteiger partial charge in [-0.25, -0.2) is 0 Å². The Morgan fingerprint density at radius 3 is 1.42 bits per heavy atom. The number of rotatable bonds is 2. The van der Waals surface area contributed by atoms with Crippen molar-refractivity contribution in [2.24, 2.45) is 0 Å². The Morgan fingerprint density at radius 2 is 0.717 bits per heavy atom. The molecule has 242 valence electrons. The first-order chi connectivity index (χ1) is 26.3. The molecule has 13 rings (SSSR count). The second-order valence-electron chi connectivity index (χ2n) is 14.8. The molecule has 0 amide bonds. The largest absolute Gasteiger partial charge is 0.455 e. The Morgan fingerprint density at radius 1 is 0.245 bits per heavy atom. The van der Waals surface area contributed by atoms with Crippen LogP contribution in [0.4, 0.5) is 0 Å². The fourth-order valence-electron chi connectivity index (χ4n) is 9.72. The lowest BCUT2D eigenvalue weighted by Gasteiger charge is -2.17. The van der Waals surface area contributed by atoms with Gasteiger partial charge < -0.3 is 4.42 Å². The van der Waals surface area contributed by atoms with Gasteiger partial charge in [0.1, 0.15) is 11.2 Å². The zero-order valence-electron chi connectivity index (χ0n) is 28.6. The summed E-state index contributed by atoms with van der Waals surface area (Å²) < 4.78 is 6.94. The average Bonchev–Trinajstić information content (AvgIpc) is 3.61. The van der Waals surface area contributed by atoms with E-state index in [1.165, 1.54) is 97.7 Å². The Labute approximate surface area is 303 Å². The zero-order chi connectivity index (χ0) is 34.4. The minimum absolute atomic E-state index is 0.940. The average molecular weight is 669 g/mol. The summed E-state index contributed by atoms with van der Waals surface area (Å²) in [4.78, 5) is 0. The van der Waals surface area contributed by atoms with E-state index in [0.29, 0.717) is 0 Å². The monoisotopic (exact) mass is 668 g/mol. The van der Waals surface area contributed by atoms with Crippen LogP contribution >= 0.6 is 0 Å². The summed E-state index contributed by atoms with van der Waals surface area (Å²) in [6, 6.07) is 63.2. The van der Waals surface area contributed by atoms with E-state index in [1.807, 2.05) is 0 Å². The molecule has 0 fully saturated rings. The third-order valence-corrected chi connectivity index (χ3v) is 12.1. The molecule has 0 N–H and O–H groups in total. The van der Waals surface area contributed by atoms with E-state index < -0.39 is 0 Å². The molecule has 13 aromatic rings. The molecular weight excluding hydrogens is 641 g/mol. The highest BCUT2D eigenvalue weighted by molar-refractivity contribution is 6.29. The van der Waals surface area contributed by atoms with Gasteiger partial charge in [-0.1, -0.05) is 146 Å². The van der Waals surface area contributed by atoms with Crippen molar-refractivity contribution in [3.05, 3.63) is 170 Å². The predicted octanol–water partition coefficient (Wildman–Crippen LogP) is 15.0. The van der Waals surface area contributed by atoms with Gasteiger partial charge in [0.05, 0.1) is 0 Å². The maximum absolute atomic E-state index is 6.94. The second kappa shape index (κ2) is 9.88. The molecule has 0 aliphatic rings. The molecule has 0 bridgehead atoms. The van der Waals surface area contributed by atoms with Gasteiger partial charge in [-0.15, -0.1) is 0 Å². The number of benzene rings is 12. The Bertz CT molecular complexity index is 3640. The van der Waals surface area contributed by atoms with Crippen LogP contribution in [0.2, 0.25) is 0 Å². The molecule has 0 aliphatic heterocycles. The minimum Gasteiger partial charge on any atom is -0.455 e. The van der Waals surface area contributed by atoms with Gasteiger partial charge in [0.25, 0.3) is 0 Å². The fourth-order valence-corrected chi connectivity index (χ4v) is 9.72. The lowest BCUT2D eigenvalue weighted by atomic mass is 9.86. The van der Waals surface area contributed by atoms with Gasteiger partial charge in [0.15, 0.2) is 0 Å². The van der Waals surface area contributed by atoms with Crippen LogP contribution in [-0.4, -0.2) is 0 Å². The van der Waals surface area contributed by atoms with Gasteiger partial charge in [-0.05, 0) is 122 Å². The van der Waals surface area contributed by atoms with Crippen LogP contribution in [-0.2, 0) is 0 Å². The van der Waals surface area contributed by atoms with E-state index in [9.17, 15) is 0 Å². The topological polar surface area (TPSA) is 13.1 Å². The van der Waals surface area contributed by atoms with Gasteiger partial charge in [0.2, 0.25) is 0 Å². The van der Waals surface area contributed by atoms with Gasteiger partial charge in [-0.3, -0.25) is 0 Å². The van der Waals surface area contributed by atoms with Crippen LogP contribution in [0.25, 0.3) is 130 Å². The molecule has 1 heterocycles. The van der Waals surface area contributed by atoms with Gasteiger partial charge in [0, 0.05) is 21.5 Å².